The van der Waals surface area contributed by atoms with Crippen LogP contribution in [0.3, 0.4) is 0 Å². The number of nitrogens with zero attached hydrogens (tertiary/aromatic N) is 1. The van der Waals surface area contributed by atoms with Gasteiger partial charge in [0.2, 0.25) is 5.91 Å². The van der Waals surface area contributed by atoms with Crippen LogP contribution in [0.1, 0.15) is 12.5 Å². The van der Waals surface area contributed by atoms with E-state index >= 15 is 0 Å². The molecular weight excluding hydrogens is 236 g/mol. The van der Waals surface area contributed by atoms with Crippen molar-refractivity contribution in [3.05, 3.63) is 34.9 Å². The molecule has 0 radical (unpaired) electrons. The van der Waals surface area contributed by atoms with E-state index in [0.717, 1.165) is 11.4 Å². The van der Waals surface area contributed by atoms with Crippen molar-refractivity contribution < 1.29 is 4.79 Å². The molecule has 1 amide bonds. The molecule has 0 saturated carbocycles. The smallest absolute Gasteiger partial charge is 0.236 e. The first-order valence-electron chi connectivity index (χ1n) is 5.67. The third kappa shape index (κ3) is 5.20. The second-order valence-electron chi connectivity index (χ2n) is 4.40. The molecule has 1 N–H and O–H groups in total. The lowest BCUT2D eigenvalue weighted by Gasteiger charge is -2.16. The number of benzene rings is 1. The Morgan fingerprint density at radius 3 is 2.47 bits per heavy atom. The molecule has 0 bridgehead atoms. The van der Waals surface area contributed by atoms with Gasteiger partial charge in [-0.05, 0) is 31.0 Å². The molecule has 0 heterocycles. The normalized spacial score (nSPS) is 12.2. The van der Waals surface area contributed by atoms with Crippen LogP contribution in [0.5, 0.6) is 0 Å². The highest BCUT2D eigenvalue weighted by atomic mass is 35.5. The first-order chi connectivity index (χ1) is 7.99. The minimum atomic E-state index is 0.0907. The molecule has 0 aliphatic heterocycles. The van der Waals surface area contributed by atoms with Crippen LogP contribution in [0.4, 0.5) is 0 Å². The Morgan fingerprint density at radius 2 is 1.94 bits per heavy atom. The van der Waals surface area contributed by atoms with E-state index in [-0.39, 0.29) is 11.9 Å². The standard InChI is InChI=1S/C13H19ClN2O/c1-10(15-9-13(17)16(2)3)8-11-4-6-12(14)7-5-11/h4-7,10,15H,8-9H2,1-3H3. The van der Waals surface area contributed by atoms with E-state index in [1.165, 1.54) is 5.56 Å². The van der Waals surface area contributed by atoms with Crippen molar-refractivity contribution in [1.82, 2.24) is 10.2 Å². The van der Waals surface area contributed by atoms with E-state index in [4.69, 9.17) is 11.6 Å². The Balaban J connectivity index is 2.37. The number of carbonyl (C=O) groups excluding carboxylic acids is 1. The third-order valence-corrected chi connectivity index (χ3v) is 2.81. The zero-order chi connectivity index (χ0) is 12.8. The van der Waals surface area contributed by atoms with Gasteiger partial charge in [-0.25, -0.2) is 0 Å². The molecule has 1 rings (SSSR count). The highest BCUT2D eigenvalue weighted by Gasteiger charge is 2.07. The molecule has 0 fully saturated rings. The average molecular weight is 255 g/mol. The molecule has 1 aromatic carbocycles. The first-order valence-corrected chi connectivity index (χ1v) is 6.05. The van der Waals surface area contributed by atoms with E-state index in [0.29, 0.717) is 6.54 Å². The Kier molecular flexibility index (Phi) is 5.45. The number of halogens is 1. The minimum absolute atomic E-state index is 0.0907. The van der Waals surface area contributed by atoms with Gasteiger partial charge in [0.1, 0.15) is 0 Å². The van der Waals surface area contributed by atoms with Gasteiger partial charge in [-0.2, -0.15) is 0 Å². The van der Waals surface area contributed by atoms with Crippen LogP contribution in [-0.2, 0) is 11.2 Å². The van der Waals surface area contributed by atoms with Crippen LogP contribution >= 0.6 is 11.6 Å². The van der Waals surface area contributed by atoms with Crippen LogP contribution in [0.15, 0.2) is 24.3 Å². The molecule has 1 unspecified atom stereocenters. The predicted molar refractivity (Wildman–Crippen MR) is 71.3 cm³/mol. The Bertz CT molecular complexity index is 362. The van der Waals surface area contributed by atoms with Crippen LogP contribution < -0.4 is 5.32 Å². The number of amides is 1. The van der Waals surface area contributed by atoms with Crippen LogP contribution in [0, 0.1) is 0 Å². The summed E-state index contributed by atoms with van der Waals surface area (Å²) in [6, 6.07) is 8.05. The summed E-state index contributed by atoms with van der Waals surface area (Å²) in [4.78, 5) is 13.0. The van der Waals surface area contributed by atoms with Crippen LogP contribution in [-0.4, -0.2) is 37.5 Å². The Hall–Kier alpha value is -1.06. The van der Waals surface area contributed by atoms with Crippen molar-refractivity contribution in [3.8, 4) is 0 Å². The highest BCUT2D eigenvalue weighted by Crippen LogP contribution is 2.10. The topological polar surface area (TPSA) is 32.3 Å². The van der Waals surface area contributed by atoms with Crippen molar-refractivity contribution in [3.63, 3.8) is 0 Å². The zero-order valence-electron chi connectivity index (χ0n) is 10.5. The molecule has 1 aromatic rings. The number of hydrogen-bond donors (Lipinski definition) is 1. The predicted octanol–water partition coefficient (Wildman–Crippen LogP) is 1.95. The molecule has 3 nitrogen and oxygen atoms in total. The summed E-state index contributed by atoms with van der Waals surface area (Å²) >= 11 is 5.82. The van der Waals surface area contributed by atoms with Gasteiger partial charge in [-0.15, -0.1) is 0 Å². The average Bonchev–Trinajstić information content (AvgIpc) is 2.29. The number of likely N-dealkylation sites (N-methyl/N-ethyl adjacent to an activating group) is 1. The van der Waals surface area contributed by atoms with E-state index in [2.05, 4.69) is 12.2 Å². The van der Waals surface area contributed by atoms with Gasteiger partial charge < -0.3 is 10.2 Å². The molecule has 4 heteroatoms. The third-order valence-electron chi connectivity index (χ3n) is 2.56. The van der Waals surface area contributed by atoms with E-state index < -0.39 is 0 Å². The molecule has 0 saturated heterocycles. The minimum Gasteiger partial charge on any atom is -0.348 e. The summed E-state index contributed by atoms with van der Waals surface area (Å²) in [5.41, 5.74) is 1.21. The monoisotopic (exact) mass is 254 g/mol. The van der Waals surface area contributed by atoms with Gasteiger partial charge in [0, 0.05) is 25.2 Å². The molecule has 0 spiro atoms. The van der Waals surface area contributed by atoms with E-state index in [1.54, 1.807) is 19.0 Å². The fourth-order valence-electron chi connectivity index (χ4n) is 1.47. The molecule has 0 aliphatic carbocycles. The molecule has 0 aromatic heterocycles. The zero-order valence-corrected chi connectivity index (χ0v) is 11.3. The number of carbonyl (C=O) groups is 1. The molecule has 1 atom stereocenters. The van der Waals surface area contributed by atoms with Gasteiger partial charge in [0.05, 0.1) is 6.54 Å². The highest BCUT2D eigenvalue weighted by molar-refractivity contribution is 6.30. The first kappa shape index (κ1) is 14.0. The maximum Gasteiger partial charge on any atom is 0.236 e. The van der Waals surface area contributed by atoms with E-state index in [1.807, 2.05) is 24.3 Å². The summed E-state index contributed by atoms with van der Waals surface area (Å²) < 4.78 is 0. The SMILES string of the molecule is CC(Cc1ccc(Cl)cc1)NCC(=O)N(C)C. The van der Waals surface area contributed by atoms with Crippen molar-refractivity contribution in [2.45, 2.75) is 19.4 Å². The van der Waals surface area contributed by atoms with Crippen molar-refractivity contribution in [2.24, 2.45) is 0 Å². The molecule has 94 valence electrons. The lowest BCUT2D eigenvalue weighted by molar-refractivity contribution is -0.127. The Morgan fingerprint density at radius 1 is 1.35 bits per heavy atom. The molecule has 17 heavy (non-hydrogen) atoms. The van der Waals surface area contributed by atoms with Gasteiger partial charge in [-0.1, -0.05) is 23.7 Å². The fourth-order valence-corrected chi connectivity index (χ4v) is 1.59. The summed E-state index contributed by atoms with van der Waals surface area (Å²) in [5, 5.41) is 3.95. The summed E-state index contributed by atoms with van der Waals surface area (Å²) in [7, 11) is 3.52. The van der Waals surface area contributed by atoms with Crippen molar-refractivity contribution in [1.29, 1.82) is 0 Å². The van der Waals surface area contributed by atoms with E-state index in [9.17, 15) is 4.79 Å². The molecular formula is C13H19ClN2O. The summed E-state index contributed by atoms with van der Waals surface area (Å²) in [5.74, 6) is 0.0907. The quantitative estimate of drug-likeness (QED) is 0.871. The van der Waals surface area contributed by atoms with Gasteiger partial charge in [-0.3, -0.25) is 4.79 Å². The number of hydrogen-bond acceptors (Lipinski definition) is 2. The number of nitrogens with one attached hydrogen (secondary N) is 1. The number of rotatable bonds is 5. The second-order valence-corrected chi connectivity index (χ2v) is 4.84. The van der Waals surface area contributed by atoms with Gasteiger partial charge in [0.25, 0.3) is 0 Å². The van der Waals surface area contributed by atoms with Gasteiger partial charge in [0.15, 0.2) is 0 Å². The lowest BCUT2D eigenvalue weighted by atomic mass is 10.1. The van der Waals surface area contributed by atoms with Crippen molar-refractivity contribution >= 4 is 17.5 Å². The maximum absolute atomic E-state index is 11.4. The molecule has 0 aliphatic rings. The van der Waals surface area contributed by atoms with Crippen molar-refractivity contribution in [2.75, 3.05) is 20.6 Å². The fraction of sp³-hybridized carbons (Fsp3) is 0.462. The summed E-state index contributed by atoms with van der Waals surface area (Å²) in [6.07, 6.45) is 0.887. The largest absolute Gasteiger partial charge is 0.348 e. The lowest BCUT2D eigenvalue weighted by Crippen LogP contribution is -2.38. The second kappa shape index (κ2) is 6.62. The van der Waals surface area contributed by atoms with Gasteiger partial charge >= 0.3 is 0 Å². The Labute approximate surface area is 108 Å². The van der Waals surface area contributed by atoms with Crippen LogP contribution in [0.25, 0.3) is 0 Å². The van der Waals surface area contributed by atoms with Crippen LogP contribution in [0.2, 0.25) is 5.02 Å². The maximum atomic E-state index is 11.4. The summed E-state index contributed by atoms with van der Waals surface area (Å²) in [6.45, 7) is 2.44.